The van der Waals surface area contributed by atoms with Crippen molar-refractivity contribution in [2.45, 2.75) is 58.8 Å². The second-order valence-corrected chi connectivity index (χ2v) is 8.64. The van der Waals surface area contributed by atoms with Gasteiger partial charge in [-0.25, -0.2) is 0 Å². The van der Waals surface area contributed by atoms with Crippen LogP contribution in [0.5, 0.6) is 0 Å². The fourth-order valence-corrected chi connectivity index (χ4v) is 6.42. The van der Waals surface area contributed by atoms with Crippen LogP contribution < -0.4 is 0 Å². The van der Waals surface area contributed by atoms with Crippen LogP contribution >= 0.6 is 12.2 Å². The summed E-state index contributed by atoms with van der Waals surface area (Å²) in [5, 5.41) is 2.59. The van der Waals surface area contributed by atoms with Gasteiger partial charge in [0.15, 0.2) is 5.78 Å². The molecule has 0 amide bonds. The number of thiocarbonyl (C=S) groups is 1. The summed E-state index contributed by atoms with van der Waals surface area (Å²) in [6.45, 7) is 4.82. The Kier molecular flexibility index (Phi) is 3.52. The van der Waals surface area contributed by atoms with Crippen LogP contribution in [0.15, 0.2) is 28.4 Å². The van der Waals surface area contributed by atoms with Crippen LogP contribution in [0.3, 0.4) is 0 Å². The molecule has 0 radical (unpaired) electrons. The summed E-state index contributed by atoms with van der Waals surface area (Å²) in [6.07, 6.45) is 12.0. The molecule has 0 saturated heterocycles. The lowest BCUT2D eigenvalue weighted by molar-refractivity contribution is -0.117. The van der Waals surface area contributed by atoms with Gasteiger partial charge in [-0.05, 0) is 80.0 Å². The Labute approximate surface area is 144 Å². The van der Waals surface area contributed by atoms with Crippen molar-refractivity contribution in [2.75, 3.05) is 0 Å². The number of carbonyl (C=O) groups is 1. The van der Waals surface area contributed by atoms with Gasteiger partial charge in [0, 0.05) is 11.8 Å². The average Bonchev–Trinajstić information content (AvgIpc) is 2.85. The van der Waals surface area contributed by atoms with Crippen molar-refractivity contribution in [3.63, 3.8) is 0 Å². The highest BCUT2D eigenvalue weighted by Gasteiger charge is 2.57. The van der Waals surface area contributed by atoms with Crippen molar-refractivity contribution in [2.24, 2.45) is 33.6 Å². The SMILES string of the molecule is CC12CC[C@@H]3[C@@H](CCC4=CC(=O)CC[C@@]43C)[C@H]1CC=C2N=C=S. The second-order valence-electron chi connectivity index (χ2n) is 8.45. The number of rotatable bonds is 1. The smallest absolute Gasteiger partial charge is 0.155 e. The minimum Gasteiger partial charge on any atom is -0.295 e. The van der Waals surface area contributed by atoms with Gasteiger partial charge in [0.05, 0.1) is 10.9 Å². The number of hydrogen-bond donors (Lipinski definition) is 0. The molecule has 4 rings (SSSR count). The highest BCUT2D eigenvalue weighted by atomic mass is 32.1. The van der Waals surface area contributed by atoms with Crippen LogP contribution in [0.25, 0.3) is 0 Å². The summed E-state index contributed by atoms with van der Waals surface area (Å²) in [6, 6.07) is 0. The lowest BCUT2D eigenvalue weighted by Crippen LogP contribution is -2.49. The standard InChI is InChI=1S/C20H25NOS/c1-19-9-7-14(22)11-13(19)3-4-15-16-5-6-18(21-12-23)20(16,2)10-8-17(15)19/h6,11,15-17H,3-5,7-10H2,1-2H3/t15-,16+,17+,19-,20?/m0/s1. The molecule has 0 aromatic heterocycles. The van der Waals surface area contributed by atoms with Crippen molar-refractivity contribution < 1.29 is 4.79 Å². The number of fused-ring (bicyclic) bond motifs is 5. The summed E-state index contributed by atoms with van der Waals surface area (Å²) in [5.74, 6) is 2.53. The highest BCUT2D eigenvalue weighted by molar-refractivity contribution is 7.78. The first-order valence-corrected chi connectivity index (χ1v) is 9.42. The predicted molar refractivity (Wildman–Crippen MR) is 95.2 cm³/mol. The molecule has 4 aliphatic carbocycles. The van der Waals surface area contributed by atoms with Crippen LogP contribution in [0.4, 0.5) is 0 Å². The zero-order valence-electron chi connectivity index (χ0n) is 14.1. The van der Waals surface area contributed by atoms with E-state index >= 15 is 0 Å². The van der Waals surface area contributed by atoms with E-state index in [1.54, 1.807) is 0 Å². The molecule has 23 heavy (non-hydrogen) atoms. The largest absolute Gasteiger partial charge is 0.295 e. The number of ketones is 1. The molecule has 4 aliphatic rings. The second kappa shape index (κ2) is 5.22. The molecule has 5 atom stereocenters. The molecule has 122 valence electrons. The topological polar surface area (TPSA) is 29.4 Å². The molecule has 3 heteroatoms. The normalized spacial score (nSPS) is 45.1. The maximum atomic E-state index is 11.9. The molecule has 0 spiro atoms. The summed E-state index contributed by atoms with van der Waals surface area (Å²) >= 11 is 4.86. The molecule has 0 aliphatic heterocycles. The third-order valence-corrected chi connectivity index (χ3v) is 7.76. The van der Waals surface area contributed by atoms with E-state index in [0.29, 0.717) is 11.7 Å². The molecular formula is C20H25NOS. The minimum absolute atomic E-state index is 0.190. The van der Waals surface area contributed by atoms with Crippen LogP contribution in [0, 0.1) is 28.6 Å². The quantitative estimate of drug-likeness (QED) is 0.494. The van der Waals surface area contributed by atoms with E-state index in [1.165, 1.54) is 30.5 Å². The van der Waals surface area contributed by atoms with Gasteiger partial charge in [0.25, 0.3) is 0 Å². The Morgan fingerprint density at radius 3 is 2.78 bits per heavy atom. The van der Waals surface area contributed by atoms with Gasteiger partial charge in [0.1, 0.15) is 0 Å². The fourth-order valence-electron chi connectivity index (χ4n) is 6.33. The number of carbonyl (C=O) groups excluding carboxylic acids is 1. The zero-order chi connectivity index (χ0) is 16.2. The van der Waals surface area contributed by atoms with Gasteiger partial charge in [-0.3, -0.25) is 4.79 Å². The first-order chi connectivity index (χ1) is 11.0. The van der Waals surface area contributed by atoms with Crippen LogP contribution in [0.2, 0.25) is 0 Å². The number of hydrogen-bond acceptors (Lipinski definition) is 3. The van der Waals surface area contributed by atoms with Gasteiger partial charge in [-0.1, -0.05) is 25.5 Å². The average molecular weight is 327 g/mol. The molecular weight excluding hydrogens is 302 g/mol. The minimum atomic E-state index is 0.190. The van der Waals surface area contributed by atoms with Crippen LogP contribution in [0.1, 0.15) is 58.8 Å². The lowest BCUT2D eigenvalue weighted by atomic mass is 9.47. The van der Waals surface area contributed by atoms with Gasteiger partial charge < -0.3 is 0 Å². The Morgan fingerprint density at radius 2 is 2.00 bits per heavy atom. The van der Waals surface area contributed by atoms with E-state index in [0.717, 1.165) is 37.5 Å². The molecule has 0 aromatic carbocycles. The number of nitrogens with zero attached hydrogens (tertiary/aromatic N) is 1. The lowest BCUT2D eigenvalue weighted by Gasteiger charge is -2.57. The molecule has 2 saturated carbocycles. The maximum absolute atomic E-state index is 11.9. The monoisotopic (exact) mass is 327 g/mol. The summed E-state index contributed by atoms with van der Waals surface area (Å²) in [4.78, 5) is 16.3. The third-order valence-electron chi connectivity index (χ3n) is 7.67. The Bertz CT molecular complexity index is 671. The Morgan fingerprint density at radius 1 is 1.17 bits per heavy atom. The fraction of sp³-hybridized carbons (Fsp3) is 0.700. The van der Waals surface area contributed by atoms with Gasteiger partial charge >= 0.3 is 0 Å². The van der Waals surface area contributed by atoms with Crippen molar-refractivity contribution in [1.29, 1.82) is 0 Å². The van der Waals surface area contributed by atoms with E-state index in [9.17, 15) is 4.79 Å². The zero-order valence-corrected chi connectivity index (χ0v) is 14.9. The van der Waals surface area contributed by atoms with E-state index in [-0.39, 0.29) is 10.8 Å². The molecule has 2 fully saturated rings. The van der Waals surface area contributed by atoms with Crippen LogP contribution in [-0.4, -0.2) is 10.9 Å². The van der Waals surface area contributed by atoms with Crippen LogP contribution in [-0.2, 0) is 4.79 Å². The Balaban J connectivity index is 1.68. The van der Waals surface area contributed by atoms with E-state index in [2.05, 4.69) is 30.1 Å². The maximum Gasteiger partial charge on any atom is 0.155 e. The summed E-state index contributed by atoms with van der Waals surface area (Å²) in [5.41, 5.74) is 3.08. The molecule has 0 aromatic rings. The first kappa shape index (κ1) is 15.5. The predicted octanol–water partition coefficient (Wildman–Crippen LogP) is 5.11. The van der Waals surface area contributed by atoms with Crippen molar-refractivity contribution in [3.05, 3.63) is 23.4 Å². The molecule has 1 unspecified atom stereocenters. The van der Waals surface area contributed by atoms with E-state index in [1.807, 2.05) is 6.08 Å². The Hall–Kier alpha value is -1.05. The molecule has 0 bridgehead atoms. The van der Waals surface area contributed by atoms with Crippen molar-refractivity contribution >= 4 is 23.2 Å². The first-order valence-electron chi connectivity index (χ1n) is 9.01. The van der Waals surface area contributed by atoms with Crippen molar-refractivity contribution in [3.8, 4) is 0 Å². The molecule has 0 N–H and O–H groups in total. The molecule has 0 heterocycles. The number of aliphatic imine (C=N–C) groups is 1. The highest BCUT2D eigenvalue weighted by Crippen LogP contribution is 2.65. The summed E-state index contributed by atoms with van der Waals surface area (Å²) in [7, 11) is 0. The van der Waals surface area contributed by atoms with E-state index in [4.69, 9.17) is 12.2 Å². The van der Waals surface area contributed by atoms with Crippen molar-refractivity contribution in [1.82, 2.24) is 0 Å². The van der Waals surface area contributed by atoms with Gasteiger partial charge in [-0.2, -0.15) is 4.99 Å². The number of isothiocyanates is 1. The van der Waals surface area contributed by atoms with E-state index < -0.39 is 0 Å². The summed E-state index contributed by atoms with van der Waals surface area (Å²) < 4.78 is 0. The number of allylic oxidation sites excluding steroid dienone is 4. The third kappa shape index (κ3) is 2.09. The molecule has 2 nitrogen and oxygen atoms in total. The van der Waals surface area contributed by atoms with Gasteiger partial charge in [0.2, 0.25) is 0 Å². The van der Waals surface area contributed by atoms with Gasteiger partial charge in [-0.15, -0.1) is 0 Å².